The van der Waals surface area contributed by atoms with Crippen LogP contribution in [0.25, 0.3) is 17.0 Å². The lowest BCUT2D eigenvalue weighted by Gasteiger charge is -2.11. The van der Waals surface area contributed by atoms with Crippen molar-refractivity contribution in [2.45, 2.75) is 20.1 Å². The number of carbonyl (C=O) groups excluding carboxylic acids is 2. The molecule has 5 rings (SSSR count). The molecule has 2 amide bonds. The molecule has 0 saturated carbocycles. The third kappa shape index (κ3) is 5.44. The van der Waals surface area contributed by atoms with Crippen molar-refractivity contribution in [2.75, 3.05) is 6.54 Å². The van der Waals surface area contributed by atoms with Crippen molar-refractivity contribution in [1.82, 2.24) is 9.47 Å². The minimum absolute atomic E-state index is 0.194. The molecule has 0 spiro atoms. The van der Waals surface area contributed by atoms with Crippen LogP contribution >= 0.6 is 11.8 Å². The molecule has 2 heterocycles. The van der Waals surface area contributed by atoms with Gasteiger partial charge in [-0.25, -0.2) is 0 Å². The number of hydrogen-bond donors (Lipinski definition) is 1. The van der Waals surface area contributed by atoms with E-state index in [0.29, 0.717) is 13.2 Å². The molecule has 1 N–H and O–H groups in total. The first-order valence-corrected chi connectivity index (χ1v) is 12.5. The van der Waals surface area contributed by atoms with Gasteiger partial charge in [-0.05, 0) is 60.2 Å². The Morgan fingerprint density at radius 3 is 2.46 bits per heavy atom. The summed E-state index contributed by atoms with van der Waals surface area (Å²) in [5, 5.41) is 9.40. The molecule has 37 heavy (non-hydrogen) atoms. The number of imide groups is 1. The van der Waals surface area contributed by atoms with E-state index in [1.807, 2.05) is 73.7 Å². The summed E-state index contributed by atoms with van der Waals surface area (Å²) in [4.78, 5) is 37.1. The van der Waals surface area contributed by atoms with Gasteiger partial charge in [0.2, 0.25) is 0 Å². The van der Waals surface area contributed by atoms with Crippen molar-refractivity contribution in [2.24, 2.45) is 0 Å². The Balaban J connectivity index is 1.50. The number of rotatable bonds is 8. The summed E-state index contributed by atoms with van der Waals surface area (Å²) < 4.78 is 8.08. The highest BCUT2D eigenvalue weighted by atomic mass is 32.2. The van der Waals surface area contributed by atoms with Crippen LogP contribution < -0.4 is 4.74 Å². The molecule has 4 aromatic rings. The summed E-state index contributed by atoms with van der Waals surface area (Å²) in [6, 6.07) is 25.9. The van der Waals surface area contributed by atoms with E-state index < -0.39 is 23.7 Å². The van der Waals surface area contributed by atoms with Crippen LogP contribution in [-0.2, 0) is 22.7 Å². The van der Waals surface area contributed by atoms with Crippen molar-refractivity contribution in [3.05, 3.63) is 106 Å². The number of hydrogen-bond acceptors (Lipinski definition) is 5. The van der Waals surface area contributed by atoms with Gasteiger partial charge in [0, 0.05) is 23.1 Å². The van der Waals surface area contributed by atoms with Crippen molar-refractivity contribution in [1.29, 1.82) is 0 Å². The molecule has 1 aliphatic heterocycles. The third-order valence-electron chi connectivity index (χ3n) is 6.06. The van der Waals surface area contributed by atoms with E-state index in [9.17, 15) is 14.4 Å². The van der Waals surface area contributed by atoms with Crippen molar-refractivity contribution < 1.29 is 24.2 Å². The number of aromatic nitrogens is 1. The summed E-state index contributed by atoms with van der Waals surface area (Å²) in [7, 11) is 0. The highest BCUT2D eigenvalue weighted by Gasteiger charge is 2.36. The molecule has 3 aromatic carbocycles. The van der Waals surface area contributed by atoms with E-state index in [1.165, 1.54) is 0 Å². The van der Waals surface area contributed by atoms with Crippen LogP contribution in [0.2, 0.25) is 0 Å². The Bertz CT molecular complexity index is 1520. The molecular formula is C29H24N2O5S. The fourth-order valence-corrected chi connectivity index (χ4v) is 5.00. The Morgan fingerprint density at radius 1 is 0.973 bits per heavy atom. The second-order valence-corrected chi connectivity index (χ2v) is 9.79. The molecule has 1 fully saturated rings. The lowest BCUT2D eigenvalue weighted by molar-refractivity contribution is -0.140. The number of ether oxygens (including phenoxy) is 1. The zero-order chi connectivity index (χ0) is 25.9. The van der Waals surface area contributed by atoms with Gasteiger partial charge in [-0.2, -0.15) is 0 Å². The number of nitrogens with zero attached hydrogens (tertiary/aromatic N) is 2. The molecule has 1 aliphatic rings. The van der Waals surface area contributed by atoms with Gasteiger partial charge in [0.15, 0.2) is 0 Å². The number of thioether (sulfide) groups is 1. The van der Waals surface area contributed by atoms with E-state index >= 15 is 0 Å². The molecule has 186 valence electrons. The average Bonchev–Trinajstić information content (AvgIpc) is 3.35. The molecule has 1 aromatic heterocycles. The Morgan fingerprint density at radius 2 is 1.73 bits per heavy atom. The summed E-state index contributed by atoms with van der Waals surface area (Å²) in [6.45, 7) is 2.37. The smallest absolute Gasteiger partial charge is 0.323 e. The molecule has 0 unspecified atom stereocenters. The molecule has 1 saturated heterocycles. The first-order chi connectivity index (χ1) is 17.9. The Hall–Kier alpha value is -4.30. The number of carbonyl (C=O) groups is 3. The highest BCUT2D eigenvalue weighted by molar-refractivity contribution is 8.18. The fraction of sp³-hybridized carbons (Fsp3) is 0.138. The maximum Gasteiger partial charge on any atom is 0.323 e. The van der Waals surface area contributed by atoms with Gasteiger partial charge in [0.05, 0.1) is 4.91 Å². The van der Waals surface area contributed by atoms with E-state index in [0.717, 1.165) is 55.7 Å². The number of carboxylic acids is 1. The molecule has 0 aliphatic carbocycles. The SMILES string of the molecule is Cc1ccc(Cn2c(/C=C3/SC(=O)N(CC(=O)O)C3=O)cc3cc(OCc4ccccc4)ccc32)cc1. The number of benzene rings is 3. The van der Waals surface area contributed by atoms with Gasteiger partial charge in [-0.15, -0.1) is 0 Å². The monoisotopic (exact) mass is 512 g/mol. The third-order valence-corrected chi connectivity index (χ3v) is 6.97. The maximum atomic E-state index is 12.8. The van der Waals surface area contributed by atoms with Gasteiger partial charge >= 0.3 is 5.97 Å². The number of amides is 2. The topological polar surface area (TPSA) is 88.8 Å². The van der Waals surface area contributed by atoms with Crippen molar-refractivity contribution >= 4 is 45.9 Å². The van der Waals surface area contributed by atoms with E-state index in [4.69, 9.17) is 9.84 Å². The molecule has 0 radical (unpaired) electrons. The maximum absolute atomic E-state index is 12.8. The second-order valence-electron chi connectivity index (χ2n) is 8.80. The minimum Gasteiger partial charge on any atom is -0.489 e. The Kier molecular flexibility index (Phi) is 6.83. The van der Waals surface area contributed by atoms with Crippen LogP contribution in [0.4, 0.5) is 4.79 Å². The van der Waals surface area contributed by atoms with Gasteiger partial charge in [0.1, 0.15) is 18.9 Å². The van der Waals surface area contributed by atoms with Crippen LogP contribution in [-0.4, -0.2) is 38.2 Å². The zero-order valence-corrected chi connectivity index (χ0v) is 20.9. The van der Waals surface area contributed by atoms with Gasteiger partial charge < -0.3 is 14.4 Å². The molecule has 0 atom stereocenters. The fourth-order valence-electron chi connectivity index (χ4n) is 4.18. The van der Waals surface area contributed by atoms with E-state index in [2.05, 4.69) is 16.7 Å². The summed E-state index contributed by atoms with van der Waals surface area (Å²) in [5.41, 5.74) is 4.99. The van der Waals surface area contributed by atoms with Crippen LogP contribution in [0.1, 0.15) is 22.4 Å². The van der Waals surface area contributed by atoms with Crippen LogP contribution in [0, 0.1) is 6.92 Å². The van der Waals surface area contributed by atoms with Gasteiger partial charge in [0.25, 0.3) is 11.1 Å². The first-order valence-electron chi connectivity index (χ1n) is 11.7. The van der Waals surface area contributed by atoms with Crippen molar-refractivity contribution in [3.8, 4) is 5.75 Å². The van der Waals surface area contributed by atoms with Gasteiger partial charge in [-0.1, -0.05) is 60.2 Å². The quantitative estimate of drug-likeness (QED) is 0.305. The zero-order valence-electron chi connectivity index (χ0n) is 20.1. The lowest BCUT2D eigenvalue weighted by Crippen LogP contribution is -2.33. The summed E-state index contributed by atoms with van der Waals surface area (Å²) in [6.07, 6.45) is 1.66. The largest absolute Gasteiger partial charge is 0.489 e. The first kappa shape index (κ1) is 24.4. The highest BCUT2D eigenvalue weighted by Crippen LogP contribution is 2.34. The predicted molar refractivity (Wildman–Crippen MR) is 143 cm³/mol. The molecular weight excluding hydrogens is 488 g/mol. The predicted octanol–water partition coefficient (Wildman–Crippen LogP) is 5.70. The van der Waals surface area contributed by atoms with E-state index in [1.54, 1.807) is 6.08 Å². The van der Waals surface area contributed by atoms with Crippen LogP contribution in [0.3, 0.4) is 0 Å². The van der Waals surface area contributed by atoms with Gasteiger partial charge in [-0.3, -0.25) is 19.3 Å². The van der Waals surface area contributed by atoms with Crippen molar-refractivity contribution in [3.63, 3.8) is 0 Å². The molecule has 8 heteroatoms. The average molecular weight is 513 g/mol. The van der Waals surface area contributed by atoms with E-state index in [-0.39, 0.29) is 4.91 Å². The van der Waals surface area contributed by atoms with Crippen LogP contribution in [0.15, 0.2) is 83.8 Å². The number of fused-ring (bicyclic) bond motifs is 1. The molecule has 0 bridgehead atoms. The Labute approximate surface area is 218 Å². The lowest BCUT2D eigenvalue weighted by atomic mass is 10.1. The number of aliphatic carboxylic acids is 1. The van der Waals surface area contributed by atoms with Crippen LogP contribution in [0.5, 0.6) is 5.75 Å². The minimum atomic E-state index is -1.24. The molecule has 7 nitrogen and oxygen atoms in total. The second kappa shape index (κ2) is 10.4. The standard InChI is InChI=1S/C29H24N2O5S/c1-19-7-9-20(10-8-19)16-30-23(15-26-28(34)31(17-27(32)33)29(35)37-26)13-22-14-24(11-12-25(22)30)36-18-21-5-3-2-4-6-21/h2-15H,16-18H2,1H3,(H,32,33)/b26-15+. The summed E-state index contributed by atoms with van der Waals surface area (Å²) >= 11 is 0.752. The number of carboxylic acid groups (broad SMARTS) is 1. The number of aryl methyl sites for hydroxylation is 1. The summed E-state index contributed by atoms with van der Waals surface area (Å²) in [5.74, 6) is -1.12. The normalized spacial score (nSPS) is 14.6.